The zero-order valence-corrected chi connectivity index (χ0v) is 32.9. The minimum absolute atomic E-state index is 0.895. The van der Waals surface area contributed by atoms with Gasteiger partial charge in [0.25, 0.3) is 0 Å². The Labute approximate surface area is 349 Å². The van der Waals surface area contributed by atoms with Crippen molar-refractivity contribution in [2.45, 2.75) is 0 Å². The molecule has 11 aromatic rings. The third kappa shape index (κ3) is 6.41. The Morgan fingerprint density at radius 2 is 0.817 bits per heavy atom. The number of nitrogens with zero attached hydrogens (tertiary/aromatic N) is 1. The molecule has 60 heavy (non-hydrogen) atoms. The van der Waals surface area contributed by atoms with Crippen LogP contribution in [0.3, 0.4) is 0 Å². The summed E-state index contributed by atoms with van der Waals surface area (Å²) in [5.74, 6) is 0. The summed E-state index contributed by atoms with van der Waals surface area (Å²) >= 11 is 0. The molecule has 10 aromatic carbocycles. The fraction of sp³-hybridized carbons (Fsp3) is 0. The van der Waals surface area contributed by atoms with Crippen LogP contribution in [-0.4, -0.2) is 0 Å². The first-order valence-electron chi connectivity index (χ1n) is 20.5. The highest BCUT2D eigenvalue weighted by atomic mass is 16.3. The molecule has 282 valence electrons. The van der Waals surface area contributed by atoms with E-state index < -0.39 is 0 Å². The maximum Gasteiger partial charge on any atom is 0.136 e. The topological polar surface area (TPSA) is 16.4 Å². The van der Waals surface area contributed by atoms with Gasteiger partial charge in [-0.1, -0.05) is 182 Å². The largest absolute Gasteiger partial charge is 0.456 e. The average Bonchev–Trinajstić information content (AvgIpc) is 3.70. The molecule has 0 aliphatic carbocycles. The summed E-state index contributed by atoms with van der Waals surface area (Å²) in [7, 11) is 0. The Kier molecular flexibility index (Phi) is 8.87. The SMILES string of the molecule is c1ccc(-c2ccccc2-c2ccccc2-c2ccccc2N(c2ccc(-c3ccc4c(c3)oc3ccccc34)cc2)c2cccc(-c3ccc4ccccc4c3)c2)cc1. The van der Waals surface area contributed by atoms with Crippen LogP contribution in [0, 0.1) is 0 Å². The lowest BCUT2D eigenvalue weighted by Crippen LogP contribution is -2.11. The van der Waals surface area contributed by atoms with E-state index in [9.17, 15) is 0 Å². The highest BCUT2D eigenvalue weighted by Crippen LogP contribution is 2.46. The first kappa shape index (κ1) is 35.2. The molecule has 1 aromatic heterocycles. The normalized spacial score (nSPS) is 11.3. The van der Waals surface area contributed by atoms with Gasteiger partial charge in [-0.15, -0.1) is 0 Å². The lowest BCUT2D eigenvalue weighted by atomic mass is 9.88. The Morgan fingerprint density at radius 1 is 0.267 bits per heavy atom. The van der Waals surface area contributed by atoms with Crippen molar-refractivity contribution in [2.75, 3.05) is 4.90 Å². The molecule has 0 saturated carbocycles. The molecule has 0 atom stereocenters. The monoisotopic (exact) mass is 765 g/mol. The molecule has 0 amide bonds. The smallest absolute Gasteiger partial charge is 0.136 e. The van der Waals surface area contributed by atoms with Gasteiger partial charge in [-0.3, -0.25) is 0 Å². The standard InChI is InChI=1S/C58H39NO/c1-2-16-42(17-3-1)49-21-6-7-22-50(49)51-23-8-9-24-52(51)53-25-10-12-27-56(53)59(48-20-14-19-44(38-48)45-30-29-40-15-4-5-18-43(40)37-45)47-34-31-41(32-35-47)46-33-36-55-54-26-11-13-28-57(54)60-58(55)39-46/h1-39H. The second kappa shape index (κ2) is 15.1. The molecule has 0 spiro atoms. The average molecular weight is 766 g/mol. The number of para-hydroxylation sites is 2. The summed E-state index contributed by atoms with van der Waals surface area (Å²) in [4.78, 5) is 2.41. The van der Waals surface area contributed by atoms with Gasteiger partial charge < -0.3 is 9.32 Å². The van der Waals surface area contributed by atoms with E-state index in [-0.39, 0.29) is 0 Å². The van der Waals surface area contributed by atoms with Crippen molar-refractivity contribution in [1.82, 2.24) is 0 Å². The Morgan fingerprint density at radius 3 is 1.63 bits per heavy atom. The maximum atomic E-state index is 6.28. The van der Waals surface area contributed by atoms with Crippen LogP contribution in [-0.2, 0) is 0 Å². The van der Waals surface area contributed by atoms with Gasteiger partial charge >= 0.3 is 0 Å². The number of rotatable bonds is 8. The number of hydrogen-bond donors (Lipinski definition) is 0. The van der Waals surface area contributed by atoms with E-state index >= 15 is 0 Å². The molecular weight excluding hydrogens is 727 g/mol. The molecule has 2 heteroatoms. The van der Waals surface area contributed by atoms with Crippen LogP contribution < -0.4 is 4.90 Å². The second-order valence-electron chi connectivity index (χ2n) is 15.3. The Hall–Kier alpha value is -7.94. The second-order valence-corrected chi connectivity index (χ2v) is 15.3. The third-order valence-corrected chi connectivity index (χ3v) is 11.7. The van der Waals surface area contributed by atoms with E-state index in [1.54, 1.807) is 0 Å². The van der Waals surface area contributed by atoms with E-state index in [0.717, 1.165) is 61.3 Å². The molecule has 11 rings (SSSR count). The van der Waals surface area contributed by atoms with E-state index in [1.807, 2.05) is 12.1 Å². The summed E-state index contributed by atoms with van der Waals surface area (Å²) < 4.78 is 6.28. The van der Waals surface area contributed by atoms with Gasteiger partial charge in [0.05, 0.1) is 5.69 Å². The van der Waals surface area contributed by atoms with Gasteiger partial charge in [0.2, 0.25) is 0 Å². The van der Waals surface area contributed by atoms with Crippen molar-refractivity contribution >= 4 is 49.8 Å². The number of benzene rings is 10. The van der Waals surface area contributed by atoms with Gasteiger partial charge in [0, 0.05) is 27.7 Å². The number of furan rings is 1. The van der Waals surface area contributed by atoms with Gasteiger partial charge in [-0.05, 0) is 115 Å². The number of fused-ring (bicyclic) bond motifs is 4. The zero-order chi connectivity index (χ0) is 39.8. The van der Waals surface area contributed by atoms with Crippen LogP contribution in [0.1, 0.15) is 0 Å². The molecule has 0 saturated heterocycles. The first-order valence-corrected chi connectivity index (χ1v) is 20.5. The molecule has 0 aliphatic heterocycles. The zero-order valence-electron chi connectivity index (χ0n) is 32.9. The Balaban J connectivity index is 1.06. The van der Waals surface area contributed by atoms with Gasteiger partial charge in [-0.25, -0.2) is 0 Å². The maximum absolute atomic E-state index is 6.28. The van der Waals surface area contributed by atoms with Crippen molar-refractivity contribution in [2.24, 2.45) is 0 Å². The summed E-state index contributed by atoms with van der Waals surface area (Å²) in [6.07, 6.45) is 0. The van der Waals surface area contributed by atoms with Gasteiger partial charge in [0.1, 0.15) is 11.2 Å². The molecule has 0 radical (unpaired) electrons. The Bertz CT molecular complexity index is 3320. The van der Waals surface area contributed by atoms with Crippen LogP contribution in [0.25, 0.3) is 88.3 Å². The predicted octanol–water partition coefficient (Wildman–Crippen LogP) is 16.5. The van der Waals surface area contributed by atoms with Gasteiger partial charge in [0.15, 0.2) is 0 Å². The lowest BCUT2D eigenvalue weighted by Gasteiger charge is -2.29. The van der Waals surface area contributed by atoms with E-state index in [1.165, 1.54) is 44.2 Å². The van der Waals surface area contributed by atoms with Crippen molar-refractivity contribution in [1.29, 1.82) is 0 Å². The van der Waals surface area contributed by atoms with Crippen LogP contribution >= 0.6 is 0 Å². The molecule has 0 N–H and O–H groups in total. The first-order chi connectivity index (χ1) is 29.7. The van der Waals surface area contributed by atoms with Crippen molar-refractivity contribution < 1.29 is 4.42 Å². The highest BCUT2D eigenvalue weighted by Gasteiger charge is 2.21. The molecule has 2 nitrogen and oxygen atoms in total. The fourth-order valence-electron chi connectivity index (χ4n) is 8.77. The fourth-order valence-corrected chi connectivity index (χ4v) is 8.77. The minimum Gasteiger partial charge on any atom is -0.456 e. The summed E-state index contributed by atoms with van der Waals surface area (Å²) in [6.45, 7) is 0. The summed E-state index contributed by atoms with van der Waals surface area (Å²) in [5.41, 5.74) is 16.7. The summed E-state index contributed by atoms with van der Waals surface area (Å²) in [6, 6.07) is 85.0. The van der Waals surface area contributed by atoms with Crippen LogP contribution in [0.2, 0.25) is 0 Å². The van der Waals surface area contributed by atoms with Crippen LogP contribution in [0.15, 0.2) is 241 Å². The molecule has 1 heterocycles. The molecule has 0 unspecified atom stereocenters. The minimum atomic E-state index is 0.895. The molecule has 0 aliphatic rings. The molecular formula is C58H39NO. The highest BCUT2D eigenvalue weighted by molar-refractivity contribution is 6.06. The lowest BCUT2D eigenvalue weighted by molar-refractivity contribution is 0.669. The third-order valence-electron chi connectivity index (χ3n) is 11.7. The molecule has 0 bridgehead atoms. The molecule has 0 fully saturated rings. The van der Waals surface area contributed by atoms with Crippen molar-refractivity contribution in [3.8, 4) is 55.6 Å². The van der Waals surface area contributed by atoms with Crippen molar-refractivity contribution in [3.63, 3.8) is 0 Å². The number of anilines is 3. The van der Waals surface area contributed by atoms with E-state index in [2.05, 4.69) is 229 Å². The quantitative estimate of drug-likeness (QED) is 0.153. The van der Waals surface area contributed by atoms with E-state index in [4.69, 9.17) is 4.42 Å². The van der Waals surface area contributed by atoms with E-state index in [0.29, 0.717) is 0 Å². The van der Waals surface area contributed by atoms with Crippen LogP contribution in [0.4, 0.5) is 17.1 Å². The number of hydrogen-bond acceptors (Lipinski definition) is 2. The summed E-state index contributed by atoms with van der Waals surface area (Å²) in [5, 5.41) is 4.73. The van der Waals surface area contributed by atoms with Crippen molar-refractivity contribution in [3.05, 3.63) is 237 Å². The van der Waals surface area contributed by atoms with Gasteiger partial charge in [-0.2, -0.15) is 0 Å². The predicted molar refractivity (Wildman–Crippen MR) is 253 cm³/mol. The van der Waals surface area contributed by atoms with Crippen LogP contribution in [0.5, 0.6) is 0 Å².